The van der Waals surface area contributed by atoms with E-state index in [1.807, 2.05) is 19.1 Å². The van der Waals surface area contributed by atoms with Crippen molar-refractivity contribution >= 4 is 5.69 Å². The smallest absolute Gasteiger partial charge is 0.433 e. The zero-order valence-corrected chi connectivity index (χ0v) is 17.4. The molecule has 4 nitrogen and oxygen atoms in total. The van der Waals surface area contributed by atoms with Crippen molar-refractivity contribution in [3.63, 3.8) is 0 Å². The van der Waals surface area contributed by atoms with E-state index >= 15 is 0 Å². The molecule has 3 aromatic rings. The van der Waals surface area contributed by atoms with Gasteiger partial charge in [-0.2, -0.15) is 13.2 Å². The summed E-state index contributed by atoms with van der Waals surface area (Å²) in [6.07, 6.45) is -2.14. The number of hydrogen-bond donors (Lipinski definition) is 1. The lowest BCUT2D eigenvalue weighted by atomic mass is 10.0. The molecule has 0 amide bonds. The van der Waals surface area contributed by atoms with Gasteiger partial charge in [-0.1, -0.05) is 18.2 Å². The van der Waals surface area contributed by atoms with Gasteiger partial charge in [0, 0.05) is 18.2 Å². The van der Waals surface area contributed by atoms with Crippen LogP contribution in [0, 0.1) is 6.92 Å². The molecule has 2 aromatic carbocycles. The summed E-state index contributed by atoms with van der Waals surface area (Å²) >= 11 is 0. The van der Waals surface area contributed by atoms with Gasteiger partial charge in [0.25, 0.3) is 0 Å². The second kappa shape index (κ2) is 8.23. The van der Waals surface area contributed by atoms with E-state index in [0.717, 1.165) is 22.9 Å². The number of anilines is 1. The standard InChI is InChI=1S/C24H24F3N3O/c1-15-13-17(20-6-4-8-23(29-20)24(25,26)27)11-12-22(15)31-14-19-18(16-9-10-16)5-3-7-21(19)30(2)28/h3-8,11-13,16H,9-10,14,28H2,1-2H3. The van der Waals surface area contributed by atoms with E-state index in [0.29, 0.717) is 23.8 Å². The van der Waals surface area contributed by atoms with Gasteiger partial charge in [0.05, 0.1) is 11.4 Å². The molecule has 31 heavy (non-hydrogen) atoms. The van der Waals surface area contributed by atoms with E-state index in [4.69, 9.17) is 10.6 Å². The highest BCUT2D eigenvalue weighted by Crippen LogP contribution is 2.44. The van der Waals surface area contributed by atoms with Crippen LogP contribution in [-0.4, -0.2) is 12.0 Å². The Balaban J connectivity index is 1.57. The fourth-order valence-electron chi connectivity index (χ4n) is 3.73. The summed E-state index contributed by atoms with van der Waals surface area (Å²) in [6, 6.07) is 15.3. The van der Waals surface area contributed by atoms with Crippen LogP contribution in [0.25, 0.3) is 11.3 Å². The van der Waals surface area contributed by atoms with Gasteiger partial charge in [0.15, 0.2) is 0 Å². The number of pyridine rings is 1. The lowest BCUT2D eigenvalue weighted by Gasteiger charge is -2.21. The van der Waals surface area contributed by atoms with E-state index in [1.165, 1.54) is 24.5 Å². The molecular formula is C24H24F3N3O. The van der Waals surface area contributed by atoms with Gasteiger partial charge < -0.3 is 9.75 Å². The fourth-order valence-corrected chi connectivity index (χ4v) is 3.73. The average Bonchev–Trinajstić information content (AvgIpc) is 3.57. The highest BCUT2D eigenvalue weighted by atomic mass is 19.4. The molecule has 0 atom stereocenters. The van der Waals surface area contributed by atoms with Gasteiger partial charge in [-0.15, -0.1) is 0 Å². The van der Waals surface area contributed by atoms with Crippen LogP contribution in [-0.2, 0) is 12.8 Å². The minimum Gasteiger partial charge on any atom is -0.489 e. The van der Waals surface area contributed by atoms with E-state index in [2.05, 4.69) is 11.1 Å². The molecule has 0 radical (unpaired) electrons. The third-order valence-electron chi connectivity index (χ3n) is 5.47. The number of halogens is 3. The van der Waals surface area contributed by atoms with Gasteiger partial charge in [-0.05, 0) is 73.2 Å². The molecule has 1 aliphatic rings. The summed E-state index contributed by atoms with van der Waals surface area (Å²) < 4.78 is 45.0. The van der Waals surface area contributed by atoms with Crippen molar-refractivity contribution in [1.82, 2.24) is 4.98 Å². The Kier molecular flexibility index (Phi) is 5.62. The SMILES string of the molecule is Cc1cc(-c2cccc(C(F)(F)F)n2)ccc1OCc1c(C2CC2)cccc1N(C)N. The molecular weight excluding hydrogens is 403 g/mol. The average molecular weight is 427 g/mol. The topological polar surface area (TPSA) is 51.4 Å². The number of hydrazine groups is 1. The minimum atomic E-state index is -4.48. The minimum absolute atomic E-state index is 0.274. The summed E-state index contributed by atoms with van der Waals surface area (Å²) in [5.41, 5.74) is 4.05. The van der Waals surface area contributed by atoms with Crippen LogP contribution >= 0.6 is 0 Å². The van der Waals surface area contributed by atoms with Gasteiger partial charge >= 0.3 is 6.18 Å². The molecule has 162 valence electrons. The normalized spacial score (nSPS) is 13.9. The quantitative estimate of drug-likeness (QED) is 0.397. The van der Waals surface area contributed by atoms with Gasteiger partial charge in [-0.3, -0.25) is 0 Å². The van der Waals surface area contributed by atoms with Crippen LogP contribution in [0.3, 0.4) is 0 Å². The third kappa shape index (κ3) is 4.66. The Bertz CT molecular complexity index is 1070. The molecule has 0 spiro atoms. The zero-order chi connectivity index (χ0) is 22.2. The Hall–Kier alpha value is -3.06. The summed E-state index contributed by atoms with van der Waals surface area (Å²) in [5.74, 6) is 7.24. The molecule has 0 aliphatic heterocycles. The number of ether oxygens (including phenoxy) is 1. The first-order chi connectivity index (χ1) is 14.7. The maximum Gasteiger partial charge on any atom is 0.433 e. The Morgan fingerprint density at radius 3 is 2.48 bits per heavy atom. The highest BCUT2D eigenvalue weighted by Gasteiger charge is 2.32. The number of alkyl halides is 3. The predicted molar refractivity (Wildman–Crippen MR) is 115 cm³/mol. The number of aromatic nitrogens is 1. The summed E-state index contributed by atoms with van der Waals surface area (Å²) in [6.45, 7) is 2.24. The molecule has 4 rings (SSSR count). The van der Waals surface area contributed by atoms with Crippen LogP contribution in [0.5, 0.6) is 5.75 Å². The van der Waals surface area contributed by atoms with Crippen molar-refractivity contribution in [1.29, 1.82) is 0 Å². The second-order valence-electron chi connectivity index (χ2n) is 7.90. The van der Waals surface area contributed by atoms with Crippen molar-refractivity contribution in [3.8, 4) is 17.0 Å². The van der Waals surface area contributed by atoms with Crippen molar-refractivity contribution in [3.05, 3.63) is 77.0 Å². The molecule has 7 heteroatoms. The third-order valence-corrected chi connectivity index (χ3v) is 5.47. The van der Waals surface area contributed by atoms with Gasteiger partial charge in [0.2, 0.25) is 0 Å². The first-order valence-corrected chi connectivity index (χ1v) is 10.1. The predicted octanol–water partition coefficient (Wildman–Crippen LogP) is 5.84. The molecule has 1 aliphatic carbocycles. The fraction of sp³-hybridized carbons (Fsp3) is 0.292. The number of rotatable bonds is 6. The number of hydrogen-bond acceptors (Lipinski definition) is 4. The van der Waals surface area contributed by atoms with Crippen molar-refractivity contribution in [2.45, 2.75) is 38.5 Å². The summed E-state index contributed by atoms with van der Waals surface area (Å²) in [5, 5.41) is 1.60. The first-order valence-electron chi connectivity index (χ1n) is 10.1. The van der Waals surface area contributed by atoms with Crippen molar-refractivity contribution in [2.75, 3.05) is 12.1 Å². The molecule has 0 unspecified atom stereocenters. The maximum atomic E-state index is 13.0. The molecule has 1 saturated carbocycles. The Morgan fingerprint density at radius 1 is 1.10 bits per heavy atom. The molecule has 0 saturated heterocycles. The van der Waals surface area contributed by atoms with Gasteiger partial charge in [-0.25, -0.2) is 10.8 Å². The molecule has 1 heterocycles. The number of benzene rings is 2. The van der Waals surface area contributed by atoms with E-state index in [9.17, 15) is 13.2 Å². The van der Waals surface area contributed by atoms with Crippen molar-refractivity contribution < 1.29 is 17.9 Å². The van der Waals surface area contributed by atoms with Crippen molar-refractivity contribution in [2.24, 2.45) is 5.84 Å². The molecule has 0 bridgehead atoms. The van der Waals surface area contributed by atoms with E-state index < -0.39 is 11.9 Å². The molecule has 1 aromatic heterocycles. The van der Waals surface area contributed by atoms with Crippen LogP contribution in [0.2, 0.25) is 0 Å². The van der Waals surface area contributed by atoms with E-state index in [1.54, 1.807) is 36.3 Å². The lowest BCUT2D eigenvalue weighted by Crippen LogP contribution is -2.27. The summed E-state index contributed by atoms with van der Waals surface area (Å²) in [4.78, 5) is 3.76. The van der Waals surface area contributed by atoms with Crippen LogP contribution < -0.4 is 15.6 Å². The van der Waals surface area contributed by atoms with E-state index in [-0.39, 0.29) is 5.69 Å². The zero-order valence-electron chi connectivity index (χ0n) is 17.4. The second-order valence-corrected chi connectivity index (χ2v) is 7.90. The molecule has 2 N–H and O–H groups in total. The molecule has 1 fully saturated rings. The van der Waals surface area contributed by atoms with Gasteiger partial charge in [0.1, 0.15) is 18.1 Å². The van der Waals surface area contributed by atoms with Crippen LogP contribution in [0.15, 0.2) is 54.6 Å². The lowest BCUT2D eigenvalue weighted by molar-refractivity contribution is -0.141. The Labute approximate surface area is 179 Å². The number of nitrogens with two attached hydrogens (primary N) is 1. The monoisotopic (exact) mass is 427 g/mol. The van der Waals surface area contributed by atoms with Crippen LogP contribution in [0.4, 0.5) is 18.9 Å². The first kappa shape index (κ1) is 21.2. The summed E-state index contributed by atoms with van der Waals surface area (Å²) in [7, 11) is 1.80. The maximum absolute atomic E-state index is 13.0. The highest BCUT2D eigenvalue weighted by molar-refractivity contribution is 5.62. The number of aryl methyl sites for hydroxylation is 1. The largest absolute Gasteiger partial charge is 0.489 e. The Morgan fingerprint density at radius 2 is 1.84 bits per heavy atom. The van der Waals surface area contributed by atoms with Crippen LogP contribution in [0.1, 0.15) is 41.1 Å². The number of nitrogens with zero attached hydrogens (tertiary/aromatic N) is 2.